The zero-order chi connectivity index (χ0) is 12.1. The van der Waals surface area contributed by atoms with Gasteiger partial charge in [-0.25, -0.2) is 4.98 Å². The lowest BCUT2D eigenvalue weighted by Gasteiger charge is -2.29. The molecule has 2 heterocycles. The van der Waals surface area contributed by atoms with Crippen molar-refractivity contribution in [1.82, 2.24) is 9.88 Å². The van der Waals surface area contributed by atoms with Gasteiger partial charge in [-0.3, -0.25) is 0 Å². The summed E-state index contributed by atoms with van der Waals surface area (Å²) in [5.74, 6) is 1.74. The van der Waals surface area contributed by atoms with Crippen LogP contribution in [0.2, 0.25) is 0 Å². The standard InChI is InChI=1S/C13H22N4/c1-17-6-4-11(5-7-17)9-15-13-3-2-12(8-14)10-16-13/h2-3,10-11H,4-9,14H2,1H3,(H,15,16). The summed E-state index contributed by atoms with van der Waals surface area (Å²) in [5.41, 5.74) is 6.62. The van der Waals surface area contributed by atoms with Crippen molar-refractivity contribution in [2.45, 2.75) is 19.4 Å². The van der Waals surface area contributed by atoms with Crippen LogP contribution in [0.15, 0.2) is 18.3 Å². The van der Waals surface area contributed by atoms with Gasteiger partial charge in [0.1, 0.15) is 5.82 Å². The fraction of sp³-hybridized carbons (Fsp3) is 0.615. The number of hydrogen-bond acceptors (Lipinski definition) is 4. The normalized spacial score (nSPS) is 18.2. The van der Waals surface area contributed by atoms with E-state index in [1.54, 1.807) is 0 Å². The van der Waals surface area contributed by atoms with E-state index in [0.717, 1.165) is 23.8 Å². The number of piperidine rings is 1. The molecule has 0 bridgehead atoms. The number of hydrogen-bond donors (Lipinski definition) is 2. The number of nitrogens with one attached hydrogen (secondary N) is 1. The fourth-order valence-electron chi connectivity index (χ4n) is 2.16. The molecule has 4 nitrogen and oxygen atoms in total. The maximum atomic E-state index is 5.54. The molecule has 1 fully saturated rings. The van der Waals surface area contributed by atoms with Gasteiger partial charge in [0.15, 0.2) is 0 Å². The van der Waals surface area contributed by atoms with Gasteiger partial charge in [0, 0.05) is 19.3 Å². The predicted molar refractivity (Wildman–Crippen MR) is 70.8 cm³/mol. The highest BCUT2D eigenvalue weighted by Crippen LogP contribution is 2.16. The first-order valence-electron chi connectivity index (χ1n) is 6.35. The molecule has 3 N–H and O–H groups in total. The third-order valence-electron chi connectivity index (χ3n) is 3.47. The van der Waals surface area contributed by atoms with E-state index in [-0.39, 0.29) is 0 Å². The minimum absolute atomic E-state index is 0.558. The van der Waals surface area contributed by atoms with Crippen LogP contribution in [0.5, 0.6) is 0 Å². The molecular weight excluding hydrogens is 212 g/mol. The van der Waals surface area contributed by atoms with E-state index in [1.165, 1.54) is 25.9 Å². The van der Waals surface area contributed by atoms with Crippen LogP contribution in [0.3, 0.4) is 0 Å². The lowest BCUT2D eigenvalue weighted by atomic mass is 9.97. The Hall–Kier alpha value is -1.13. The van der Waals surface area contributed by atoms with Gasteiger partial charge in [-0.15, -0.1) is 0 Å². The third-order valence-corrected chi connectivity index (χ3v) is 3.47. The zero-order valence-electron chi connectivity index (χ0n) is 10.5. The van der Waals surface area contributed by atoms with Gasteiger partial charge in [0.2, 0.25) is 0 Å². The molecule has 0 spiro atoms. The largest absolute Gasteiger partial charge is 0.370 e. The monoisotopic (exact) mass is 234 g/mol. The number of likely N-dealkylation sites (tertiary alicyclic amines) is 1. The Morgan fingerprint density at radius 2 is 2.18 bits per heavy atom. The number of rotatable bonds is 4. The molecule has 2 rings (SSSR count). The Bertz CT molecular complexity index is 328. The first kappa shape index (κ1) is 12.3. The van der Waals surface area contributed by atoms with Crippen molar-refractivity contribution in [1.29, 1.82) is 0 Å². The van der Waals surface area contributed by atoms with E-state index >= 15 is 0 Å². The van der Waals surface area contributed by atoms with Crippen LogP contribution >= 0.6 is 0 Å². The summed E-state index contributed by atoms with van der Waals surface area (Å²) in [6.07, 6.45) is 4.41. The first-order valence-corrected chi connectivity index (χ1v) is 6.35. The Balaban J connectivity index is 1.77. The van der Waals surface area contributed by atoms with Crippen LogP contribution in [-0.2, 0) is 6.54 Å². The van der Waals surface area contributed by atoms with Crippen molar-refractivity contribution < 1.29 is 0 Å². The number of aromatic nitrogens is 1. The van der Waals surface area contributed by atoms with Crippen LogP contribution < -0.4 is 11.1 Å². The summed E-state index contributed by atoms with van der Waals surface area (Å²) in [6.45, 7) is 4.02. The molecule has 4 heteroatoms. The molecule has 0 unspecified atom stereocenters. The molecule has 1 aromatic heterocycles. The Labute approximate surface area is 103 Å². The van der Waals surface area contributed by atoms with Gasteiger partial charge in [-0.05, 0) is 50.5 Å². The summed E-state index contributed by atoms with van der Waals surface area (Å²) in [4.78, 5) is 6.74. The van der Waals surface area contributed by atoms with Crippen LogP contribution in [0.25, 0.3) is 0 Å². The predicted octanol–water partition coefficient (Wildman–Crippen LogP) is 1.29. The van der Waals surface area contributed by atoms with Crippen molar-refractivity contribution in [2.24, 2.45) is 11.7 Å². The molecule has 0 saturated carbocycles. The first-order chi connectivity index (χ1) is 8.28. The van der Waals surface area contributed by atoms with E-state index in [1.807, 2.05) is 18.3 Å². The topological polar surface area (TPSA) is 54.2 Å². The quantitative estimate of drug-likeness (QED) is 0.824. The zero-order valence-corrected chi connectivity index (χ0v) is 10.5. The maximum absolute atomic E-state index is 5.54. The SMILES string of the molecule is CN1CCC(CNc2ccc(CN)cn2)CC1. The smallest absolute Gasteiger partial charge is 0.125 e. The van der Waals surface area contributed by atoms with Crippen LogP contribution in [0.1, 0.15) is 18.4 Å². The number of nitrogens with zero attached hydrogens (tertiary/aromatic N) is 2. The van der Waals surface area contributed by atoms with Gasteiger partial charge in [0.25, 0.3) is 0 Å². The van der Waals surface area contributed by atoms with E-state index in [2.05, 4.69) is 22.2 Å². The Morgan fingerprint density at radius 3 is 2.76 bits per heavy atom. The van der Waals surface area contributed by atoms with Crippen LogP contribution in [-0.4, -0.2) is 36.6 Å². The number of anilines is 1. The molecule has 17 heavy (non-hydrogen) atoms. The highest BCUT2D eigenvalue weighted by molar-refractivity contribution is 5.35. The van der Waals surface area contributed by atoms with Crippen LogP contribution in [0, 0.1) is 5.92 Å². The highest BCUT2D eigenvalue weighted by atomic mass is 15.1. The Morgan fingerprint density at radius 1 is 1.41 bits per heavy atom. The molecule has 1 saturated heterocycles. The summed E-state index contributed by atoms with van der Waals surface area (Å²) in [6, 6.07) is 4.04. The van der Waals surface area contributed by atoms with E-state index in [9.17, 15) is 0 Å². The molecule has 1 aromatic rings. The van der Waals surface area contributed by atoms with Gasteiger partial charge >= 0.3 is 0 Å². The molecule has 1 aliphatic heterocycles. The average molecular weight is 234 g/mol. The van der Waals surface area contributed by atoms with E-state index < -0.39 is 0 Å². The Kier molecular flexibility index (Phi) is 4.34. The fourth-order valence-corrected chi connectivity index (χ4v) is 2.16. The third kappa shape index (κ3) is 3.68. The van der Waals surface area contributed by atoms with Crippen LogP contribution in [0.4, 0.5) is 5.82 Å². The summed E-state index contributed by atoms with van der Waals surface area (Å²) in [7, 11) is 2.19. The number of pyridine rings is 1. The molecule has 1 aliphatic rings. The minimum atomic E-state index is 0.558. The van der Waals surface area contributed by atoms with Crippen molar-refractivity contribution in [3.05, 3.63) is 23.9 Å². The molecular formula is C13H22N4. The summed E-state index contributed by atoms with van der Waals surface area (Å²) in [5, 5.41) is 3.41. The van der Waals surface area contributed by atoms with Crippen molar-refractivity contribution in [3.8, 4) is 0 Å². The van der Waals surface area contributed by atoms with Crippen molar-refractivity contribution in [3.63, 3.8) is 0 Å². The van der Waals surface area contributed by atoms with Gasteiger partial charge in [0.05, 0.1) is 0 Å². The lowest BCUT2D eigenvalue weighted by Crippen LogP contribution is -2.33. The summed E-state index contributed by atoms with van der Waals surface area (Å²) >= 11 is 0. The second kappa shape index (κ2) is 5.98. The molecule has 0 aromatic carbocycles. The molecule has 0 amide bonds. The van der Waals surface area contributed by atoms with Gasteiger partial charge in [-0.2, -0.15) is 0 Å². The number of nitrogens with two attached hydrogens (primary N) is 1. The maximum Gasteiger partial charge on any atom is 0.125 e. The lowest BCUT2D eigenvalue weighted by molar-refractivity contribution is 0.226. The average Bonchev–Trinajstić information content (AvgIpc) is 2.39. The van der Waals surface area contributed by atoms with Gasteiger partial charge in [-0.1, -0.05) is 6.07 Å². The molecule has 0 aliphatic carbocycles. The van der Waals surface area contributed by atoms with E-state index in [0.29, 0.717) is 6.54 Å². The second-order valence-corrected chi connectivity index (χ2v) is 4.88. The highest BCUT2D eigenvalue weighted by Gasteiger charge is 2.16. The summed E-state index contributed by atoms with van der Waals surface area (Å²) < 4.78 is 0. The van der Waals surface area contributed by atoms with E-state index in [4.69, 9.17) is 5.73 Å². The van der Waals surface area contributed by atoms with Gasteiger partial charge < -0.3 is 16.0 Å². The van der Waals surface area contributed by atoms with Crippen molar-refractivity contribution in [2.75, 3.05) is 32.0 Å². The second-order valence-electron chi connectivity index (χ2n) is 4.88. The minimum Gasteiger partial charge on any atom is -0.370 e. The molecule has 0 radical (unpaired) electrons. The molecule has 0 atom stereocenters. The molecule has 94 valence electrons. The van der Waals surface area contributed by atoms with Crippen molar-refractivity contribution >= 4 is 5.82 Å².